The fourth-order valence-electron chi connectivity index (χ4n) is 4.16. The molecule has 0 spiro atoms. The van der Waals surface area contributed by atoms with Gasteiger partial charge in [0.15, 0.2) is 11.6 Å². The predicted octanol–water partition coefficient (Wildman–Crippen LogP) is 4.15. The average molecular weight is 388 g/mol. The number of hydrogen-bond acceptors (Lipinski definition) is 5. The summed E-state index contributed by atoms with van der Waals surface area (Å²) in [6, 6.07) is 21.2. The molecule has 3 aromatic rings. The second-order valence-corrected chi connectivity index (χ2v) is 7.90. The van der Waals surface area contributed by atoms with E-state index in [9.17, 15) is 0 Å². The van der Waals surface area contributed by atoms with Crippen LogP contribution in [0.2, 0.25) is 0 Å². The van der Waals surface area contributed by atoms with Crippen molar-refractivity contribution in [2.75, 3.05) is 35.7 Å². The number of nitrogens with two attached hydrogens (primary N) is 1. The van der Waals surface area contributed by atoms with Crippen molar-refractivity contribution in [1.82, 2.24) is 9.97 Å². The summed E-state index contributed by atoms with van der Waals surface area (Å²) in [6.45, 7) is 2.74. The highest BCUT2D eigenvalue weighted by atomic mass is 15.2. The monoisotopic (exact) mass is 387 g/mol. The maximum Gasteiger partial charge on any atom is 0.157 e. The highest BCUT2D eigenvalue weighted by Gasteiger charge is 2.23. The van der Waals surface area contributed by atoms with E-state index in [4.69, 9.17) is 5.73 Å². The van der Waals surface area contributed by atoms with Gasteiger partial charge in [0.2, 0.25) is 0 Å². The highest BCUT2D eigenvalue weighted by Crippen LogP contribution is 2.32. The molecule has 2 heterocycles. The van der Waals surface area contributed by atoms with Gasteiger partial charge in [-0.2, -0.15) is 0 Å². The molecule has 5 nitrogen and oxygen atoms in total. The maximum atomic E-state index is 6.52. The fourth-order valence-corrected chi connectivity index (χ4v) is 4.16. The first kappa shape index (κ1) is 19.2. The first-order valence-electron chi connectivity index (χ1n) is 10.3. The molecule has 4 rings (SSSR count). The molecule has 1 saturated heterocycles. The van der Waals surface area contributed by atoms with Crippen LogP contribution < -0.4 is 15.5 Å². The van der Waals surface area contributed by atoms with Crippen molar-refractivity contribution in [2.24, 2.45) is 5.92 Å². The van der Waals surface area contributed by atoms with Crippen LogP contribution in [0.1, 0.15) is 24.0 Å². The lowest BCUT2D eigenvalue weighted by Gasteiger charge is -2.34. The SMILES string of the molecule is CN(Cc1ccccc1)c1ncnc(N2CCC(Cc3ccccc3)CC2)c1N. The Balaban J connectivity index is 1.41. The van der Waals surface area contributed by atoms with Crippen LogP contribution in [0.3, 0.4) is 0 Å². The van der Waals surface area contributed by atoms with Gasteiger partial charge in [0.25, 0.3) is 0 Å². The third-order valence-corrected chi connectivity index (χ3v) is 5.75. The van der Waals surface area contributed by atoms with Crippen molar-refractivity contribution < 1.29 is 0 Å². The van der Waals surface area contributed by atoms with Crippen molar-refractivity contribution >= 4 is 17.3 Å². The standard InChI is InChI=1S/C24H29N5/c1-28(17-21-10-6-3-7-11-21)23-22(25)24(27-18-26-23)29-14-12-20(13-15-29)16-19-8-4-2-5-9-19/h2-11,18,20H,12-17,25H2,1H3. The number of anilines is 3. The van der Waals surface area contributed by atoms with Crippen LogP contribution in [-0.4, -0.2) is 30.1 Å². The van der Waals surface area contributed by atoms with Gasteiger partial charge in [0, 0.05) is 26.7 Å². The molecule has 29 heavy (non-hydrogen) atoms. The number of rotatable bonds is 6. The molecule has 0 aliphatic carbocycles. The Hall–Kier alpha value is -3.08. The van der Waals surface area contributed by atoms with E-state index in [2.05, 4.69) is 74.4 Å². The third kappa shape index (κ3) is 4.67. The summed E-state index contributed by atoms with van der Waals surface area (Å²) < 4.78 is 0. The molecular formula is C24H29N5. The summed E-state index contributed by atoms with van der Waals surface area (Å²) in [4.78, 5) is 13.4. The Morgan fingerprint density at radius 3 is 2.21 bits per heavy atom. The number of aromatic nitrogens is 2. The predicted molar refractivity (Wildman–Crippen MR) is 120 cm³/mol. The van der Waals surface area contributed by atoms with E-state index in [0.717, 1.165) is 56.5 Å². The van der Waals surface area contributed by atoms with Crippen molar-refractivity contribution in [3.05, 3.63) is 78.1 Å². The maximum absolute atomic E-state index is 6.52. The third-order valence-electron chi connectivity index (χ3n) is 5.75. The molecule has 0 amide bonds. The van der Waals surface area contributed by atoms with Crippen molar-refractivity contribution in [3.8, 4) is 0 Å². The summed E-state index contributed by atoms with van der Waals surface area (Å²) in [5, 5.41) is 0. The topological polar surface area (TPSA) is 58.3 Å². The molecular weight excluding hydrogens is 358 g/mol. The molecule has 1 aliphatic rings. The van der Waals surface area contributed by atoms with Crippen LogP contribution in [0.25, 0.3) is 0 Å². The van der Waals surface area contributed by atoms with Crippen LogP contribution in [0.4, 0.5) is 17.3 Å². The van der Waals surface area contributed by atoms with Gasteiger partial charge in [-0.3, -0.25) is 0 Å². The number of hydrogen-bond donors (Lipinski definition) is 1. The summed E-state index contributed by atoms with van der Waals surface area (Å²) in [6.07, 6.45) is 5.11. The van der Waals surface area contributed by atoms with Gasteiger partial charge in [0.1, 0.15) is 12.0 Å². The van der Waals surface area contributed by atoms with Crippen LogP contribution in [0, 0.1) is 5.92 Å². The summed E-state index contributed by atoms with van der Waals surface area (Å²) in [7, 11) is 2.03. The van der Waals surface area contributed by atoms with Gasteiger partial charge in [-0.25, -0.2) is 9.97 Å². The smallest absolute Gasteiger partial charge is 0.157 e. The number of piperidine rings is 1. The minimum atomic E-state index is 0.674. The van der Waals surface area contributed by atoms with E-state index in [1.54, 1.807) is 6.33 Å². The Morgan fingerprint density at radius 2 is 1.55 bits per heavy atom. The van der Waals surface area contributed by atoms with Crippen LogP contribution >= 0.6 is 0 Å². The zero-order valence-electron chi connectivity index (χ0n) is 17.0. The van der Waals surface area contributed by atoms with E-state index in [0.29, 0.717) is 5.69 Å². The van der Waals surface area contributed by atoms with E-state index in [1.165, 1.54) is 11.1 Å². The van der Waals surface area contributed by atoms with E-state index in [1.807, 2.05) is 13.1 Å². The Morgan fingerprint density at radius 1 is 0.931 bits per heavy atom. The molecule has 0 unspecified atom stereocenters. The van der Waals surface area contributed by atoms with Gasteiger partial charge in [-0.15, -0.1) is 0 Å². The van der Waals surface area contributed by atoms with Crippen molar-refractivity contribution in [1.29, 1.82) is 0 Å². The lowest BCUT2D eigenvalue weighted by atomic mass is 9.90. The van der Waals surface area contributed by atoms with E-state index in [-0.39, 0.29) is 0 Å². The fraction of sp³-hybridized carbons (Fsp3) is 0.333. The van der Waals surface area contributed by atoms with E-state index < -0.39 is 0 Å². The van der Waals surface area contributed by atoms with Crippen molar-refractivity contribution in [2.45, 2.75) is 25.8 Å². The molecule has 5 heteroatoms. The molecule has 2 aromatic carbocycles. The minimum absolute atomic E-state index is 0.674. The Labute approximate surface area is 173 Å². The molecule has 1 aliphatic heterocycles. The summed E-state index contributed by atoms with van der Waals surface area (Å²) in [5.41, 5.74) is 9.85. The van der Waals surface area contributed by atoms with E-state index >= 15 is 0 Å². The molecule has 0 radical (unpaired) electrons. The van der Waals surface area contributed by atoms with Crippen molar-refractivity contribution in [3.63, 3.8) is 0 Å². The first-order valence-corrected chi connectivity index (χ1v) is 10.3. The Kier molecular flexibility index (Phi) is 5.94. The minimum Gasteiger partial charge on any atom is -0.393 e. The molecule has 0 atom stereocenters. The van der Waals surface area contributed by atoms with Gasteiger partial charge in [-0.05, 0) is 36.3 Å². The van der Waals surface area contributed by atoms with Gasteiger partial charge < -0.3 is 15.5 Å². The first-order chi connectivity index (χ1) is 14.2. The normalized spacial score (nSPS) is 14.7. The molecule has 1 fully saturated rings. The van der Waals surface area contributed by atoms with Gasteiger partial charge in [0.05, 0.1) is 0 Å². The van der Waals surface area contributed by atoms with Crippen LogP contribution in [0.5, 0.6) is 0 Å². The Bertz CT molecular complexity index is 905. The largest absolute Gasteiger partial charge is 0.393 e. The van der Waals surface area contributed by atoms with Crippen LogP contribution in [0.15, 0.2) is 67.0 Å². The van der Waals surface area contributed by atoms with Gasteiger partial charge in [-0.1, -0.05) is 60.7 Å². The second kappa shape index (κ2) is 8.95. The van der Waals surface area contributed by atoms with Gasteiger partial charge >= 0.3 is 0 Å². The quantitative estimate of drug-likeness (QED) is 0.688. The highest BCUT2D eigenvalue weighted by molar-refractivity contribution is 5.75. The average Bonchev–Trinajstić information content (AvgIpc) is 2.76. The molecule has 150 valence electrons. The van der Waals surface area contributed by atoms with Crippen LogP contribution in [-0.2, 0) is 13.0 Å². The number of nitrogens with zero attached hydrogens (tertiary/aromatic N) is 4. The molecule has 2 N–H and O–H groups in total. The number of nitrogen functional groups attached to an aromatic ring is 1. The zero-order valence-corrected chi connectivity index (χ0v) is 17.0. The molecule has 0 bridgehead atoms. The molecule has 1 aromatic heterocycles. The summed E-state index contributed by atoms with van der Waals surface area (Å²) in [5.74, 6) is 2.38. The second-order valence-electron chi connectivity index (χ2n) is 7.90. The lowest BCUT2D eigenvalue weighted by Crippen LogP contribution is -2.35. The zero-order chi connectivity index (χ0) is 20.1. The molecule has 0 saturated carbocycles. The lowest BCUT2D eigenvalue weighted by molar-refractivity contribution is 0.402. The summed E-state index contributed by atoms with van der Waals surface area (Å²) >= 11 is 0. The number of benzene rings is 2.